The summed E-state index contributed by atoms with van der Waals surface area (Å²) in [6.07, 6.45) is 1.63. The van der Waals surface area contributed by atoms with Gasteiger partial charge in [0.1, 0.15) is 0 Å². The summed E-state index contributed by atoms with van der Waals surface area (Å²) in [5.41, 5.74) is 2.68. The van der Waals surface area contributed by atoms with Crippen molar-refractivity contribution in [1.82, 2.24) is 9.97 Å². The minimum Gasteiger partial charge on any atom is -0.453 e. The SMILES string of the molecule is O=C(OCC(=O)c1c[nH]c2ccccc12)c1csc(NCc2ccccc2)n1. The fourth-order valence-corrected chi connectivity index (χ4v) is 3.49. The van der Waals surface area contributed by atoms with Gasteiger partial charge in [-0.3, -0.25) is 4.79 Å². The molecule has 4 rings (SSSR count). The average Bonchev–Trinajstić information content (AvgIpc) is 3.38. The van der Waals surface area contributed by atoms with Crippen molar-refractivity contribution in [3.05, 3.63) is 83.0 Å². The Morgan fingerprint density at radius 2 is 1.86 bits per heavy atom. The third-order valence-electron chi connectivity index (χ3n) is 4.22. The Labute approximate surface area is 165 Å². The molecule has 2 aromatic carbocycles. The van der Waals surface area contributed by atoms with E-state index in [1.165, 1.54) is 11.3 Å². The molecular formula is C21H17N3O3S. The molecule has 0 amide bonds. The second kappa shape index (κ2) is 8.06. The van der Waals surface area contributed by atoms with Crippen molar-refractivity contribution in [3.63, 3.8) is 0 Å². The van der Waals surface area contributed by atoms with Crippen LogP contribution in [0.2, 0.25) is 0 Å². The van der Waals surface area contributed by atoms with Crippen LogP contribution in [0.15, 0.2) is 66.2 Å². The van der Waals surface area contributed by atoms with Gasteiger partial charge in [0.25, 0.3) is 0 Å². The maximum absolute atomic E-state index is 12.4. The van der Waals surface area contributed by atoms with E-state index < -0.39 is 5.97 Å². The summed E-state index contributed by atoms with van der Waals surface area (Å²) in [6, 6.07) is 17.4. The number of aromatic nitrogens is 2. The molecule has 0 atom stereocenters. The van der Waals surface area contributed by atoms with Crippen LogP contribution in [0, 0.1) is 0 Å². The van der Waals surface area contributed by atoms with Crippen LogP contribution in [-0.4, -0.2) is 28.3 Å². The van der Waals surface area contributed by atoms with E-state index in [-0.39, 0.29) is 18.1 Å². The molecule has 0 bridgehead atoms. The largest absolute Gasteiger partial charge is 0.453 e. The smallest absolute Gasteiger partial charge is 0.358 e. The number of aromatic amines is 1. The number of hydrogen-bond acceptors (Lipinski definition) is 6. The zero-order valence-corrected chi connectivity index (χ0v) is 15.7. The number of fused-ring (bicyclic) bond motifs is 1. The molecule has 6 nitrogen and oxygen atoms in total. The molecule has 0 spiro atoms. The molecule has 0 aliphatic heterocycles. The van der Waals surface area contributed by atoms with Crippen LogP contribution < -0.4 is 5.32 Å². The molecule has 0 radical (unpaired) electrons. The normalized spacial score (nSPS) is 10.7. The van der Waals surface area contributed by atoms with Crippen LogP contribution >= 0.6 is 11.3 Å². The van der Waals surface area contributed by atoms with Crippen molar-refractivity contribution >= 4 is 39.1 Å². The van der Waals surface area contributed by atoms with E-state index in [9.17, 15) is 9.59 Å². The minimum atomic E-state index is -0.614. The van der Waals surface area contributed by atoms with Crippen molar-refractivity contribution in [3.8, 4) is 0 Å². The van der Waals surface area contributed by atoms with Gasteiger partial charge in [-0.15, -0.1) is 11.3 Å². The van der Waals surface area contributed by atoms with E-state index in [4.69, 9.17) is 4.74 Å². The van der Waals surface area contributed by atoms with E-state index in [1.54, 1.807) is 11.6 Å². The number of ether oxygens (including phenoxy) is 1. The van der Waals surface area contributed by atoms with Gasteiger partial charge < -0.3 is 15.0 Å². The van der Waals surface area contributed by atoms with Crippen molar-refractivity contribution in [2.75, 3.05) is 11.9 Å². The van der Waals surface area contributed by atoms with Crippen LogP contribution in [0.1, 0.15) is 26.4 Å². The molecule has 0 aliphatic carbocycles. The Morgan fingerprint density at radius 1 is 1.07 bits per heavy atom. The number of rotatable bonds is 7. The van der Waals surface area contributed by atoms with Crippen molar-refractivity contribution < 1.29 is 14.3 Å². The number of hydrogen-bond donors (Lipinski definition) is 2. The van der Waals surface area contributed by atoms with E-state index in [1.807, 2.05) is 54.6 Å². The van der Waals surface area contributed by atoms with Crippen LogP contribution in [0.3, 0.4) is 0 Å². The van der Waals surface area contributed by atoms with Gasteiger partial charge in [0.05, 0.1) is 0 Å². The fraction of sp³-hybridized carbons (Fsp3) is 0.0952. The lowest BCUT2D eigenvalue weighted by atomic mass is 10.1. The summed E-state index contributed by atoms with van der Waals surface area (Å²) in [6.45, 7) is 0.285. The highest BCUT2D eigenvalue weighted by Crippen LogP contribution is 2.19. The highest BCUT2D eigenvalue weighted by molar-refractivity contribution is 7.13. The standard InChI is InChI=1S/C21H17N3O3S/c25-19(16-11-22-17-9-5-4-8-15(16)17)12-27-20(26)18-13-28-21(24-18)23-10-14-6-2-1-3-7-14/h1-9,11,13,22H,10,12H2,(H,23,24). The van der Waals surface area contributed by atoms with Crippen LogP contribution in [0.25, 0.3) is 10.9 Å². The van der Waals surface area contributed by atoms with Gasteiger partial charge >= 0.3 is 5.97 Å². The van der Waals surface area contributed by atoms with Crippen LogP contribution in [0.4, 0.5) is 5.13 Å². The number of Topliss-reactive ketones (excluding diaryl/α,β-unsaturated/α-hetero) is 1. The lowest BCUT2D eigenvalue weighted by Crippen LogP contribution is -2.14. The van der Waals surface area contributed by atoms with E-state index in [0.29, 0.717) is 17.2 Å². The Balaban J connectivity index is 1.34. The number of thiazole rings is 1. The second-order valence-corrected chi connectivity index (χ2v) is 6.98. The molecule has 0 saturated heterocycles. The second-order valence-electron chi connectivity index (χ2n) is 6.12. The Kier molecular flexibility index (Phi) is 5.16. The summed E-state index contributed by atoms with van der Waals surface area (Å²) in [5, 5.41) is 6.22. The lowest BCUT2D eigenvalue weighted by molar-refractivity contribution is 0.0470. The number of para-hydroxylation sites is 1. The minimum absolute atomic E-state index is 0.187. The van der Waals surface area contributed by atoms with Gasteiger partial charge in [-0.2, -0.15) is 0 Å². The first-order valence-corrected chi connectivity index (χ1v) is 9.58. The number of ketones is 1. The van der Waals surface area contributed by atoms with Gasteiger partial charge in [0.15, 0.2) is 17.4 Å². The van der Waals surface area contributed by atoms with Crippen molar-refractivity contribution in [1.29, 1.82) is 0 Å². The monoisotopic (exact) mass is 391 g/mol. The molecule has 2 N–H and O–H groups in total. The van der Waals surface area contributed by atoms with Gasteiger partial charge in [-0.25, -0.2) is 9.78 Å². The zero-order valence-electron chi connectivity index (χ0n) is 14.8. The summed E-state index contributed by atoms with van der Waals surface area (Å²) < 4.78 is 5.15. The van der Waals surface area contributed by atoms with Crippen molar-refractivity contribution in [2.24, 2.45) is 0 Å². The first-order valence-electron chi connectivity index (χ1n) is 8.70. The predicted octanol–water partition coefficient (Wildman–Crippen LogP) is 4.28. The summed E-state index contributed by atoms with van der Waals surface area (Å²) in [7, 11) is 0. The number of carbonyl (C=O) groups is 2. The Morgan fingerprint density at radius 3 is 2.71 bits per heavy atom. The number of anilines is 1. The third kappa shape index (κ3) is 3.94. The molecule has 2 heterocycles. The predicted molar refractivity (Wildman–Crippen MR) is 109 cm³/mol. The molecule has 7 heteroatoms. The molecule has 0 saturated carbocycles. The highest BCUT2D eigenvalue weighted by atomic mass is 32.1. The molecule has 0 unspecified atom stereocenters. The van der Waals surface area contributed by atoms with Gasteiger partial charge in [0.2, 0.25) is 5.78 Å². The number of H-pyrrole nitrogens is 1. The topological polar surface area (TPSA) is 84.1 Å². The fourth-order valence-electron chi connectivity index (χ4n) is 2.81. The Hall–Kier alpha value is -3.45. The lowest BCUT2D eigenvalue weighted by Gasteiger charge is -2.03. The third-order valence-corrected chi connectivity index (χ3v) is 5.02. The zero-order chi connectivity index (χ0) is 19.3. The van der Waals surface area contributed by atoms with Gasteiger partial charge in [-0.05, 0) is 11.6 Å². The van der Waals surface area contributed by atoms with Crippen LogP contribution in [-0.2, 0) is 11.3 Å². The maximum Gasteiger partial charge on any atom is 0.358 e. The molecular weight excluding hydrogens is 374 g/mol. The molecule has 0 aliphatic rings. The molecule has 140 valence electrons. The first kappa shape index (κ1) is 17.9. The first-order chi connectivity index (χ1) is 13.7. The molecule has 2 aromatic heterocycles. The average molecular weight is 391 g/mol. The van der Waals surface area contributed by atoms with Gasteiger partial charge in [-0.1, -0.05) is 48.5 Å². The summed E-state index contributed by atoms with van der Waals surface area (Å²) in [4.78, 5) is 31.9. The Bertz CT molecular complexity index is 1120. The van der Waals surface area contributed by atoms with E-state index in [0.717, 1.165) is 16.5 Å². The summed E-state index contributed by atoms with van der Waals surface area (Å²) >= 11 is 1.32. The molecule has 4 aromatic rings. The number of esters is 1. The maximum atomic E-state index is 12.4. The summed E-state index contributed by atoms with van der Waals surface area (Å²) in [5.74, 6) is -0.874. The van der Waals surface area contributed by atoms with E-state index >= 15 is 0 Å². The molecule has 0 fully saturated rings. The van der Waals surface area contributed by atoms with E-state index in [2.05, 4.69) is 15.3 Å². The number of nitrogens with one attached hydrogen (secondary N) is 2. The number of nitrogens with zero attached hydrogens (tertiary/aromatic N) is 1. The number of carbonyl (C=O) groups excluding carboxylic acids is 2. The van der Waals surface area contributed by atoms with Gasteiger partial charge in [0, 0.05) is 34.6 Å². The molecule has 28 heavy (non-hydrogen) atoms. The van der Waals surface area contributed by atoms with Crippen molar-refractivity contribution in [2.45, 2.75) is 6.54 Å². The quantitative estimate of drug-likeness (QED) is 0.363. The highest BCUT2D eigenvalue weighted by Gasteiger charge is 2.17. The number of benzene rings is 2. The van der Waals surface area contributed by atoms with Crippen LogP contribution in [0.5, 0.6) is 0 Å².